The molecule has 1 heterocycles. The van der Waals surface area contributed by atoms with Crippen molar-refractivity contribution in [1.82, 2.24) is 10.2 Å². The lowest BCUT2D eigenvalue weighted by atomic mass is 10.2. The molecule has 0 N–H and O–H groups in total. The van der Waals surface area contributed by atoms with E-state index in [2.05, 4.69) is 96.3 Å². The van der Waals surface area contributed by atoms with Crippen LogP contribution >= 0.6 is 34.9 Å². The predicted octanol–water partition coefficient (Wildman–Crippen LogP) is 7.90. The monoisotopic (exact) mass is 490 g/mol. The number of benzene rings is 2. The van der Waals surface area contributed by atoms with E-state index in [1.54, 1.807) is 0 Å². The van der Waals surface area contributed by atoms with Crippen molar-refractivity contribution in [3.8, 4) is 23.7 Å². The summed E-state index contributed by atoms with van der Waals surface area (Å²) in [6, 6.07) is 16.9. The zero-order valence-electron chi connectivity index (χ0n) is 19.4. The Labute approximate surface area is 211 Å². The molecule has 0 saturated carbocycles. The van der Waals surface area contributed by atoms with Gasteiger partial charge in [-0.1, -0.05) is 62.7 Å². The molecule has 2 nitrogen and oxygen atoms in total. The predicted molar refractivity (Wildman–Crippen MR) is 145 cm³/mol. The summed E-state index contributed by atoms with van der Waals surface area (Å²) in [5.41, 5.74) is 1.98. The lowest BCUT2D eigenvalue weighted by Gasteiger charge is -2.00. The molecule has 3 rings (SSSR count). The fourth-order valence-electron chi connectivity index (χ4n) is 2.93. The van der Waals surface area contributed by atoms with Gasteiger partial charge in [0, 0.05) is 20.9 Å². The fraction of sp³-hybridized carbons (Fsp3) is 0.357. The molecule has 0 aliphatic carbocycles. The number of hydrogen-bond acceptors (Lipinski definition) is 5. The normalized spacial score (nSPS) is 10.2. The number of rotatable bonds is 10. The van der Waals surface area contributed by atoms with Gasteiger partial charge in [-0.3, -0.25) is 0 Å². The highest BCUT2D eigenvalue weighted by Crippen LogP contribution is 2.21. The summed E-state index contributed by atoms with van der Waals surface area (Å²) in [7, 11) is 0. The van der Waals surface area contributed by atoms with Gasteiger partial charge in [-0.05, 0) is 84.7 Å². The molecule has 0 bridgehead atoms. The molecular weight excluding hydrogens is 461 g/mol. The van der Waals surface area contributed by atoms with Crippen LogP contribution in [0.1, 0.15) is 73.5 Å². The second kappa shape index (κ2) is 14.9. The van der Waals surface area contributed by atoms with Gasteiger partial charge < -0.3 is 0 Å². The SMILES string of the molecule is CCCCCSc1ccc(C#Cc2nnc(C#Cc3ccc(SCCCCC)cc3)s2)cc1. The molecule has 0 aliphatic rings. The van der Waals surface area contributed by atoms with Gasteiger partial charge in [-0.25, -0.2) is 0 Å². The highest BCUT2D eigenvalue weighted by molar-refractivity contribution is 7.99. The number of hydrogen-bond donors (Lipinski definition) is 0. The average Bonchev–Trinajstić information content (AvgIpc) is 3.31. The lowest BCUT2D eigenvalue weighted by molar-refractivity contribution is 0.778. The number of thioether (sulfide) groups is 2. The molecule has 1 aromatic heterocycles. The maximum absolute atomic E-state index is 4.17. The Morgan fingerprint density at radius 3 is 1.42 bits per heavy atom. The lowest BCUT2D eigenvalue weighted by Crippen LogP contribution is -1.81. The number of unbranched alkanes of at least 4 members (excludes halogenated alkanes) is 4. The number of aromatic nitrogens is 2. The zero-order chi connectivity index (χ0) is 23.1. The molecule has 5 heteroatoms. The van der Waals surface area contributed by atoms with Crippen LogP contribution in [0.4, 0.5) is 0 Å². The third-order valence-electron chi connectivity index (χ3n) is 4.79. The van der Waals surface area contributed by atoms with Gasteiger partial charge in [0.25, 0.3) is 0 Å². The number of nitrogens with zero attached hydrogens (tertiary/aromatic N) is 2. The Morgan fingerprint density at radius 1 is 0.606 bits per heavy atom. The van der Waals surface area contributed by atoms with Crippen LogP contribution in [0.15, 0.2) is 58.3 Å². The standard InChI is InChI=1S/C28H30N2S3/c1-3-5-7-21-31-25-15-9-23(10-16-25)13-19-27-29-30-28(33-27)20-14-24-11-17-26(18-12-24)32-22-8-6-4-2/h9-12,15-18H,3-8,21-22H2,1-2H3. The van der Waals surface area contributed by atoms with Crippen molar-refractivity contribution >= 4 is 34.9 Å². The first-order valence-corrected chi connectivity index (χ1v) is 14.4. The van der Waals surface area contributed by atoms with Gasteiger partial charge in [0.2, 0.25) is 0 Å². The second-order valence-electron chi connectivity index (χ2n) is 7.57. The van der Waals surface area contributed by atoms with Crippen LogP contribution < -0.4 is 0 Å². The largest absolute Gasteiger partial charge is 0.192 e. The smallest absolute Gasteiger partial charge is 0.128 e. The van der Waals surface area contributed by atoms with E-state index in [0.717, 1.165) is 11.1 Å². The van der Waals surface area contributed by atoms with Crippen LogP contribution in [-0.2, 0) is 0 Å². The Bertz CT molecular complexity index is 1010. The molecule has 0 radical (unpaired) electrons. The van der Waals surface area contributed by atoms with E-state index in [4.69, 9.17) is 0 Å². The Morgan fingerprint density at radius 2 is 1.03 bits per heavy atom. The molecule has 33 heavy (non-hydrogen) atoms. The zero-order valence-corrected chi connectivity index (χ0v) is 21.8. The summed E-state index contributed by atoms with van der Waals surface area (Å²) < 4.78 is 0. The van der Waals surface area contributed by atoms with Gasteiger partial charge in [0.15, 0.2) is 10.0 Å². The second-order valence-corrected chi connectivity index (χ2v) is 10.9. The van der Waals surface area contributed by atoms with Crippen molar-refractivity contribution in [1.29, 1.82) is 0 Å². The molecule has 2 aromatic carbocycles. The molecule has 3 aromatic rings. The van der Waals surface area contributed by atoms with E-state index in [-0.39, 0.29) is 0 Å². The van der Waals surface area contributed by atoms with Gasteiger partial charge in [0.1, 0.15) is 0 Å². The van der Waals surface area contributed by atoms with Crippen LogP contribution in [0.5, 0.6) is 0 Å². The van der Waals surface area contributed by atoms with Gasteiger partial charge in [-0.15, -0.1) is 33.7 Å². The first-order chi connectivity index (χ1) is 16.3. The summed E-state index contributed by atoms with van der Waals surface area (Å²) in [6.07, 6.45) is 7.67. The highest BCUT2D eigenvalue weighted by Gasteiger charge is 1.99. The minimum atomic E-state index is 0.691. The van der Waals surface area contributed by atoms with Crippen molar-refractivity contribution in [2.45, 2.75) is 62.2 Å². The molecule has 0 spiro atoms. The van der Waals surface area contributed by atoms with Crippen LogP contribution in [0, 0.1) is 23.7 Å². The maximum atomic E-state index is 4.17. The van der Waals surface area contributed by atoms with Crippen LogP contribution in [0.3, 0.4) is 0 Å². The van der Waals surface area contributed by atoms with E-state index in [0.29, 0.717) is 10.0 Å². The summed E-state index contributed by atoms with van der Waals surface area (Å²) in [4.78, 5) is 2.60. The van der Waals surface area contributed by atoms with E-state index in [9.17, 15) is 0 Å². The Kier molecular flexibility index (Phi) is 11.5. The van der Waals surface area contributed by atoms with Crippen molar-refractivity contribution in [2.24, 2.45) is 0 Å². The Balaban J connectivity index is 1.51. The molecule has 0 amide bonds. The third kappa shape index (κ3) is 9.68. The first kappa shape index (κ1) is 25.4. The van der Waals surface area contributed by atoms with E-state index < -0.39 is 0 Å². The van der Waals surface area contributed by atoms with Crippen molar-refractivity contribution in [3.05, 3.63) is 69.7 Å². The van der Waals surface area contributed by atoms with Gasteiger partial charge >= 0.3 is 0 Å². The van der Waals surface area contributed by atoms with Crippen molar-refractivity contribution < 1.29 is 0 Å². The molecule has 0 atom stereocenters. The van der Waals surface area contributed by atoms with Crippen molar-refractivity contribution in [2.75, 3.05) is 11.5 Å². The molecule has 0 aliphatic heterocycles. The van der Waals surface area contributed by atoms with E-state index in [1.807, 2.05) is 23.5 Å². The van der Waals surface area contributed by atoms with Gasteiger partial charge in [0.05, 0.1) is 0 Å². The molecule has 0 fully saturated rings. The van der Waals surface area contributed by atoms with Gasteiger partial charge in [-0.2, -0.15) is 0 Å². The van der Waals surface area contributed by atoms with E-state index in [1.165, 1.54) is 71.2 Å². The summed E-state index contributed by atoms with van der Waals surface area (Å²) in [5.74, 6) is 14.9. The maximum Gasteiger partial charge on any atom is 0.192 e. The minimum absolute atomic E-state index is 0.691. The average molecular weight is 491 g/mol. The summed E-state index contributed by atoms with van der Waals surface area (Å²) in [5, 5.41) is 9.72. The highest BCUT2D eigenvalue weighted by atomic mass is 32.2. The first-order valence-electron chi connectivity index (χ1n) is 11.6. The van der Waals surface area contributed by atoms with E-state index >= 15 is 0 Å². The third-order valence-corrected chi connectivity index (χ3v) is 7.75. The quantitative estimate of drug-likeness (QED) is 0.164. The minimum Gasteiger partial charge on any atom is -0.128 e. The topological polar surface area (TPSA) is 25.8 Å². The molecule has 170 valence electrons. The Hall–Kier alpha value is -2.18. The fourth-order valence-corrected chi connectivity index (χ4v) is 5.30. The molecule has 0 unspecified atom stereocenters. The summed E-state index contributed by atoms with van der Waals surface area (Å²) >= 11 is 5.25. The summed E-state index contributed by atoms with van der Waals surface area (Å²) in [6.45, 7) is 4.47. The van der Waals surface area contributed by atoms with Crippen LogP contribution in [-0.4, -0.2) is 21.7 Å². The van der Waals surface area contributed by atoms with Crippen molar-refractivity contribution in [3.63, 3.8) is 0 Å². The molecule has 0 saturated heterocycles. The van der Waals surface area contributed by atoms with Crippen LogP contribution in [0.25, 0.3) is 0 Å². The van der Waals surface area contributed by atoms with Crippen LogP contribution in [0.2, 0.25) is 0 Å². The molecular formula is C28H30N2S3.